The van der Waals surface area contributed by atoms with Crippen molar-refractivity contribution in [1.82, 2.24) is 9.97 Å². The lowest BCUT2D eigenvalue weighted by Crippen LogP contribution is -2.12. The quantitative estimate of drug-likeness (QED) is 0.888. The summed E-state index contributed by atoms with van der Waals surface area (Å²) in [5, 5.41) is 9.57. The van der Waals surface area contributed by atoms with Crippen LogP contribution < -0.4 is 5.73 Å². The standard InChI is InChI=1S/C12H10N4OS/c1-6-7(2)15-4-3-8(6)12-16-10(11(14)17)9(5-13)18-12/h3-4H,1-2H3,(H2,14,17). The maximum atomic E-state index is 11.2. The normalized spacial score (nSPS) is 10.1. The Morgan fingerprint density at radius 1 is 1.50 bits per heavy atom. The molecule has 0 aliphatic rings. The topological polar surface area (TPSA) is 92.7 Å². The first kappa shape index (κ1) is 12.2. The summed E-state index contributed by atoms with van der Waals surface area (Å²) < 4.78 is 0. The molecule has 0 aliphatic carbocycles. The molecule has 2 rings (SSSR count). The number of nitriles is 1. The van der Waals surface area contributed by atoms with Gasteiger partial charge < -0.3 is 5.73 Å². The fourth-order valence-corrected chi connectivity index (χ4v) is 2.50. The average molecular weight is 258 g/mol. The fraction of sp³-hybridized carbons (Fsp3) is 0.167. The predicted molar refractivity (Wildman–Crippen MR) is 68.1 cm³/mol. The minimum Gasteiger partial charge on any atom is -0.364 e. The second-order valence-corrected chi connectivity index (χ2v) is 4.74. The Balaban J connectivity index is 2.63. The van der Waals surface area contributed by atoms with Crippen LogP contribution in [0.5, 0.6) is 0 Å². The Kier molecular flexibility index (Phi) is 3.08. The zero-order valence-electron chi connectivity index (χ0n) is 9.89. The minimum absolute atomic E-state index is 0.0337. The van der Waals surface area contributed by atoms with Gasteiger partial charge in [0.2, 0.25) is 0 Å². The van der Waals surface area contributed by atoms with Crippen molar-refractivity contribution in [1.29, 1.82) is 5.26 Å². The number of hydrogen-bond acceptors (Lipinski definition) is 5. The molecular formula is C12H10N4OS. The lowest BCUT2D eigenvalue weighted by molar-refractivity contribution is 0.0996. The van der Waals surface area contributed by atoms with E-state index < -0.39 is 5.91 Å². The molecule has 0 aliphatic heterocycles. The smallest absolute Gasteiger partial charge is 0.269 e. The molecule has 18 heavy (non-hydrogen) atoms. The summed E-state index contributed by atoms with van der Waals surface area (Å²) in [6.45, 7) is 3.82. The molecule has 0 saturated heterocycles. The van der Waals surface area contributed by atoms with Gasteiger partial charge in [-0.2, -0.15) is 5.26 Å². The van der Waals surface area contributed by atoms with Crippen LogP contribution in [-0.2, 0) is 0 Å². The summed E-state index contributed by atoms with van der Waals surface area (Å²) in [6.07, 6.45) is 1.68. The van der Waals surface area contributed by atoms with Gasteiger partial charge in [0.1, 0.15) is 16.0 Å². The molecule has 0 radical (unpaired) electrons. The highest BCUT2D eigenvalue weighted by molar-refractivity contribution is 7.15. The van der Waals surface area contributed by atoms with E-state index in [1.807, 2.05) is 26.0 Å². The van der Waals surface area contributed by atoms with E-state index in [4.69, 9.17) is 11.0 Å². The molecule has 0 atom stereocenters. The Bertz CT molecular complexity index is 669. The largest absolute Gasteiger partial charge is 0.364 e. The van der Waals surface area contributed by atoms with E-state index >= 15 is 0 Å². The molecule has 2 aromatic heterocycles. The molecular weight excluding hydrogens is 248 g/mol. The zero-order chi connectivity index (χ0) is 13.3. The van der Waals surface area contributed by atoms with Crippen molar-refractivity contribution in [2.75, 3.05) is 0 Å². The number of aromatic nitrogens is 2. The lowest BCUT2D eigenvalue weighted by Gasteiger charge is -2.03. The Morgan fingerprint density at radius 3 is 2.78 bits per heavy atom. The third-order valence-electron chi connectivity index (χ3n) is 2.65. The first-order valence-corrected chi connectivity index (χ1v) is 5.99. The molecule has 0 unspecified atom stereocenters. The van der Waals surface area contributed by atoms with E-state index in [0.717, 1.165) is 28.2 Å². The molecule has 0 bridgehead atoms. The van der Waals surface area contributed by atoms with Crippen molar-refractivity contribution in [3.05, 3.63) is 34.1 Å². The molecule has 0 fully saturated rings. The number of thiazole rings is 1. The predicted octanol–water partition coefficient (Wildman–Crippen LogP) is 1.79. The molecule has 5 nitrogen and oxygen atoms in total. The number of hydrogen-bond donors (Lipinski definition) is 1. The van der Waals surface area contributed by atoms with Crippen LogP contribution in [-0.4, -0.2) is 15.9 Å². The van der Waals surface area contributed by atoms with Gasteiger partial charge in [0.25, 0.3) is 5.91 Å². The van der Waals surface area contributed by atoms with Gasteiger partial charge >= 0.3 is 0 Å². The number of amides is 1. The van der Waals surface area contributed by atoms with E-state index in [2.05, 4.69) is 9.97 Å². The highest BCUT2D eigenvalue weighted by atomic mass is 32.1. The Labute approximate surface area is 108 Å². The van der Waals surface area contributed by atoms with Gasteiger partial charge in [-0.3, -0.25) is 9.78 Å². The van der Waals surface area contributed by atoms with E-state index in [-0.39, 0.29) is 10.6 Å². The number of carbonyl (C=O) groups is 1. The lowest BCUT2D eigenvalue weighted by atomic mass is 10.1. The van der Waals surface area contributed by atoms with Crippen LogP contribution in [0.1, 0.15) is 26.6 Å². The van der Waals surface area contributed by atoms with Crippen LogP contribution in [0.2, 0.25) is 0 Å². The summed E-state index contributed by atoms with van der Waals surface area (Å²) in [5.74, 6) is -0.683. The number of pyridine rings is 1. The average Bonchev–Trinajstić information content (AvgIpc) is 2.76. The molecule has 2 aromatic rings. The maximum absolute atomic E-state index is 11.2. The molecule has 6 heteroatoms. The summed E-state index contributed by atoms with van der Waals surface area (Å²) in [4.78, 5) is 19.7. The van der Waals surface area contributed by atoms with Crippen molar-refractivity contribution in [2.24, 2.45) is 5.73 Å². The van der Waals surface area contributed by atoms with Gasteiger partial charge in [0.05, 0.1) is 0 Å². The van der Waals surface area contributed by atoms with Crippen LogP contribution in [0.3, 0.4) is 0 Å². The maximum Gasteiger partial charge on any atom is 0.269 e. The van der Waals surface area contributed by atoms with Gasteiger partial charge in [-0.1, -0.05) is 0 Å². The Morgan fingerprint density at radius 2 is 2.22 bits per heavy atom. The molecule has 90 valence electrons. The van der Waals surface area contributed by atoms with E-state index in [1.165, 1.54) is 0 Å². The van der Waals surface area contributed by atoms with Gasteiger partial charge in [0.15, 0.2) is 5.69 Å². The van der Waals surface area contributed by atoms with Crippen molar-refractivity contribution in [3.8, 4) is 16.6 Å². The number of nitrogens with two attached hydrogens (primary N) is 1. The van der Waals surface area contributed by atoms with E-state index in [1.54, 1.807) is 6.20 Å². The van der Waals surface area contributed by atoms with E-state index in [0.29, 0.717) is 5.01 Å². The van der Waals surface area contributed by atoms with Crippen LogP contribution in [0.4, 0.5) is 0 Å². The van der Waals surface area contributed by atoms with Crippen LogP contribution in [0.25, 0.3) is 10.6 Å². The van der Waals surface area contributed by atoms with Gasteiger partial charge in [-0.25, -0.2) is 4.98 Å². The van der Waals surface area contributed by atoms with Crippen molar-refractivity contribution in [3.63, 3.8) is 0 Å². The molecule has 2 N–H and O–H groups in total. The zero-order valence-corrected chi connectivity index (χ0v) is 10.7. The molecule has 0 spiro atoms. The summed E-state index contributed by atoms with van der Waals surface area (Å²) in [5.41, 5.74) is 7.97. The number of aryl methyl sites for hydroxylation is 1. The van der Waals surface area contributed by atoms with Crippen LogP contribution in [0, 0.1) is 25.2 Å². The van der Waals surface area contributed by atoms with Crippen LogP contribution >= 0.6 is 11.3 Å². The summed E-state index contributed by atoms with van der Waals surface area (Å²) in [7, 11) is 0. The van der Waals surface area contributed by atoms with E-state index in [9.17, 15) is 4.79 Å². The highest BCUT2D eigenvalue weighted by Crippen LogP contribution is 2.30. The highest BCUT2D eigenvalue weighted by Gasteiger charge is 2.17. The summed E-state index contributed by atoms with van der Waals surface area (Å²) in [6, 6.07) is 3.75. The first-order chi connectivity index (χ1) is 8.54. The fourth-order valence-electron chi connectivity index (χ4n) is 1.55. The third-order valence-corrected chi connectivity index (χ3v) is 3.64. The first-order valence-electron chi connectivity index (χ1n) is 5.18. The van der Waals surface area contributed by atoms with Crippen molar-refractivity contribution in [2.45, 2.75) is 13.8 Å². The Hall–Kier alpha value is -2.26. The summed E-state index contributed by atoms with van der Waals surface area (Å²) >= 11 is 1.16. The molecule has 1 amide bonds. The second kappa shape index (κ2) is 4.55. The van der Waals surface area contributed by atoms with Crippen LogP contribution in [0.15, 0.2) is 12.3 Å². The molecule has 2 heterocycles. The monoisotopic (exact) mass is 258 g/mol. The minimum atomic E-state index is -0.683. The van der Waals surface area contributed by atoms with Gasteiger partial charge in [-0.05, 0) is 25.5 Å². The second-order valence-electron chi connectivity index (χ2n) is 3.74. The van der Waals surface area contributed by atoms with Crippen molar-refractivity contribution < 1.29 is 4.79 Å². The number of carbonyl (C=O) groups excluding carboxylic acids is 1. The number of primary amides is 1. The van der Waals surface area contributed by atoms with Gasteiger partial charge in [-0.15, -0.1) is 11.3 Å². The van der Waals surface area contributed by atoms with Crippen molar-refractivity contribution >= 4 is 17.2 Å². The number of rotatable bonds is 2. The number of nitrogens with zero attached hydrogens (tertiary/aromatic N) is 3. The SMILES string of the molecule is Cc1nccc(-c2nc(C(N)=O)c(C#N)s2)c1C. The van der Waals surface area contributed by atoms with Gasteiger partial charge in [0, 0.05) is 17.5 Å². The molecule has 0 aromatic carbocycles. The third kappa shape index (κ3) is 1.96. The molecule has 0 saturated carbocycles.